The minimum atomic E-state index is -0.442. The van der Waals surface area contributed by atoms with Crippen LogP contribution in [0.1, 0.15) is 21.5 Å². The number of hydrogen-bond donors (Lipinski definition) is 0. The SMILES string of the molecule is Cc1ccc(/C=C/C(=O)c2ccccc2Cl)cc1[N+](=O)[O-]. The molecular weight excluding hydrogens is 290 g/mol. The largest absolute Gasteiger partial charge is 0.289 e. The van der Waals surface area contributed by atoms with E-state index in [-0.39, 0.29) is 11.5 Å². The number of nitro groups is 1. The summed E-state index contributed by atoms with van der Waals surface area (Å²) < 4.78 is 0. The van der Waals surface area contributed by atoms with Crippen molar-refractivity contribution in [2.45, 2.75) is 6.92 Å². The van der Waals surface area contributed by atoms with Crippen LogP contribution >= 0.6 is 11.6 Å². The molecule has 4 nitrogen and oxygen atoms in total. The van der Waals surface area contributed by atoms with Gasteiger partial charge in [-0.15, -0.1) is 0 Å². The molecule has 0 fully saturated rings. The summed E-state index contributed by atoms with van der Waals surface area (Å²) in [7, 11) is 0. The lowest BCUT2D eigenvalue weighted by Gasteiger charge is -2.00. The number of benzene rings is 2. The van der Waals surface area contributed by atoms with Crippen LogP contribution in [0.4, 0.5) is 5.69 Å². The fourth-order valence-electron chi connectivity index (χ4n) is 1.85. The van der Waals surface area contributed by atoms with E-state index in [0.29, 0.717) is 21.7 Å². The first-order valence-electron chi connectivity index (χ1n) is 6.21. The van der Waals surface area contributed by atoms with Gasteiger partial charge in [0.1, 0.15) is 0 Å². The highest BCUT2D eigenvalue weighted by Gasteiger charge is 2.10. The van der Waals surface area contributed by atoms with Crippen LogP contribution in [0.25, 0.3) is 6.08 Å². The molecule has 0 aromatic heterocycles. The highest BCUT2D eigenvalue weighted by molar-refractivity contribution is 6.34. The average Bonchev–Trinajstić information content (AvgIpc) is 2.46. The third-order valence-electron chi connectivity index (χ3n) is 3.00. The van der Waals surface area contributed by atoms with E-state index in [1.165, 1.54) is 18.2 Å². The number of rotatable bonds is 4. The molecule has 0 atom stereocenters. The fourth-order valence-corrected chi connectivity index (χ4v) is 2.08. The second-order valence-corrected chi connectivity index (χ2v) is 4.89. The van der Waals surface area contributed by atoms with E-state index < -0.39 is 4.92 Å². The molecule has 0 radical (unpaired) electrons. The van der Waals surface area contributed by atoms with Crippen molar-refractivity contribution in [1.82, 2.24) is 0 Å². The molecule has 2 rings (SSSR count). The Kier molecular flexibility index (Phi) is 4.50. The molecule has 0 bridgehead atoms. The Balaban J connectivity index is 2.26. The Morgan fingerprint density at radius 2 is 1.95 bits per heavy atom. The lowest BCUT2D eigenvalue weighted by Crippen LogP contribution is -1.95. The first-order valence-corrected chi connectivity index (χ1v) is 6.59. The minimum Gasteiger partial charge on any atom is -0.289 e. The Morgan fingerprint density at radius 1 is 1.24 bits per heavy atom. The van der Waals surface area contributed by atoms with Crippen molar-refractivity contribution < 1.29 is 9.72 Å². The summed E-state index contributed by atoms with van der Waals surface area (Å²) in [4.78, 5) is 22.5. The van der Waals surface area contributed by atoms with Crippen LogP contribution in [0.15, 0.2) is 48.5 Å². The van der Waals surface area contributed by atoms with Gasteiger partial charge in [-0.2, -0.15) is 0 Å². The number of aryl methyl sites for hydroxylation is 1. The second-order valence-electron chi connectivity index (χ2n) is 4.48. The Hall–Kier alpha value is -2.46. The van der Waals surface area contributed by atoms with E-state index in [1.807, 2.05) is 0 Å². The van der Waals surface area contributed by atoms with Crippen molar-refractivity contribution >= 4 is 29.1 Å². The number of carbonyl (C=O) groups excluding carboxylic acids is 1. The Morgan fingerprint density at radius 3 is 2.62 bits per heavy atom. The summed E-state index contributed by atoms with van der Waals surface area (Å²) in [6, 6.07) is 11.5. The predicted octanol–water partition coefficient (Wildman–Crippen LogP) is 4.45. The first-order chi connectivity index (χ1) is 9.99. The molecule has 0 aliphatic rings. The molecular formula is C16H12ClNO3. The van der Waals surface area contributed by atoms with Crippen LogP contribution in [0.5, 0.6) is 0 Å². The van der Waals surface area contributed by atoms with Crippen LogP contribution in [0.3, 0.4) is 0 Å². The third kappa shape index (κ3) is 3.55. The number of ketones is 1. The van der Waals surface area contributed by atoms with E-state index >= 15 is 0 Å². The number of nitro benzene ring substituents is 1. The normalized spacial score (nSPS) is 10.8. The van der Waals surface area contributed by atoms with Gasteiger partial charge < -0.3 is 0 Å². The molecule has 0 N–H and O–H groups in total. The third-order valence-corrected chi connectivity index (χ3v) is 3.33. The molecule has 2 aromatic carbocycles. The van der Waals surface area contributed by atoms with Crippen LogP contribution in [-0.4, -0.2) is 10.7 Å². The van der Waals surface area contributed by atoms with E-state index in [2.05, 4.69) is 0 Å². The lowest BCUT2D eigenvalue weighted by atomic mass is 10.1. The van der Waals surface area contributed by atoms with Crippen molar-refractivity contribution in [3.8, 4) is 0 Å². The first kappa shape index (κ1) is 14.9. The summed E-state index contributed by atoms with van der Waals surface area (Å²) in [5, 5.41) is 11.3. The van der Waals surface area contributed by atoms with Gasteiger partial charge in [0.25, 0.3) is 5.69 Å². The van der Waals surface area contributed by atoms with E-state index in [4.69, 9.17) is 11.6 Å². The quantitative estimate of drug-likeness (QED) is 0.363. The van der Waals surface area contributed by atoms with E-state index in [0.717, 1.165) is 0 Å². The zero-order valence-electron chi connectivity index (χ0n) is 11.2. The second kappa shape index (κ2) is 6.33. The predicted molar refractivity (Wildman–Crippen MR) is 82.6 cm³/mol. The molecule has 0 unspecified atom stereocenters. The van der Waals surface area contributed by atoms with Gasteiger partial charge in [-0.25, -0.2) is 0 Å². The van der Waals surface area contributed by atoms with Gasteiger partial charge in [-0.05, 0) is 30.7 Å². The number of allylic oxidation sites excluding steroid dienone is 1. The average molecular weight is 302 g/mol. The maximum absolute atomic E-state index is 12.0. The summed E-state index contributed by atoms with van der Waals surface area (Å²) in [5.41, 5.74) is 1.60. The maximum atomic E-state index is 12.0. The van der Waals surface area contributed by atoms with Gasteiger partial charge in [0, 0.05) is 17.2 Å². The molecule has 5 heteroatoms. The lowest BCUT2D eigenvalue weighted by molar-refractivity contribution is -0.385. The van der Waals surface area contributed by atoms with E-state index in [9.17, 15) is 14.9 Å². The summed E-state index contributed by atoms with van der Waals surface area (Å²) in [6.07, 6.45) is 2.90. The molecule has 106 valence electrons. The van der Waals surface area contributed by atoms with Gasteiger partial charge >= 0.3 is 0 Å². The maximum Gasteiger partial charge on any atom is 0.272 e. The topological polar surface area (TPSA) is 60.2 Å². The molecule has 0 saturated carbocycles. The van der Waals surface area contributed by atoms with Crippen LogP contribution in [0.2, 0.25) is 5.02 Å². The molecule has 0 saturated heterocycles. The number of carbonyl (C=O) groups is 1. The number of halogens is 1. The van der Waals surface area contributed by atoms with E-state index in [1.54, 1.807) is 43.3 Å². The standard InChI is InChI=1S/C16H12ClNO3/c1-11-6-7-12(10-15(11)18(20)21)8-9-16(19)13-4-2-3-5-14(13)17/h2-10H,1H3/b9-8+. The van der Waals surface area contributed by atoms with Gasteiger partial charge in [-0.3, -0.25) is 14.9 Å². The molecule has 0 amide bonds. The monoisotopic (exact) mass is 301 g/mol. The molecule has 0 aliphatic heterocycles. The molecule has 0 aliphatic carbocycles. The molecule has 21 heavy (non-hydrogen) atoms. The summed E-state index contributed by atoms with van der Waals surface area (Å²) >= 11 is 5.94. The van der Waals surface area contributed by atoms with Crippen molar-refractivity contribution in [2.24, 2.45) is 0 Å². The van der Waals surface area contributed by atoms with Gasteiger partial charge in [0.2, 0.25) is 0 Å². The van der Waals surface area contributed by atoms with Gasteiger partial charge in [-0.1, -0.05) is 41.9 Å². The van der Waals surface area contributed by atoms with Crippen molar-refractivity contribution in [3.63, 3.8) is 0 Å². The zero-order valence-corrected chi connectivity index (χ0v) is 12.0. The molecule has 2 aromatic rings. The summed E-state index contributed by atoms with van der Waals surface area (Å²) in [6.45, 7) is 1.67. The fraction of sp³-hybridized carbons (Fsp3) is 0.0625. The smallest absolute Gasteiger partial charge is 0.272 e. The van der Waals surface area contributed by atoms with Crippen molar-refractivity contribution in [3.05, 3.63) is 80.4 Å². The van der Waals surface area contributed by atoms with Crippen LogP contribution < -0.4 is 0 Å². The highest BCUT2D eigenvalue weighted by Crippen LogP contribution is 2.21. The Labute approximate surface area is 126 Å². The minimum absolute atomic E-state index is 0.0299. The number of nitrogens with zero attached hydrogens (tertiary/aromatic N) is 1. The Bertz CT molecular complexity index is 738. The number of hydrogen-bond acceptors (Lipinski definition) is 3. The van der Waals surface area contributed by atoms with Crippen LogP contribution in [0, 0.1) is 17.0 Å². The highest BCUT2D eigenvalue weighted by atomic mass is 35.5. The van der Waals surface area contributed by atoms with Crippen molar-refractivity contribution in [2.75, 3.05) is 0 Å². The van der Waals surface area contributed by atoms with Gasteiger partial charge in [0.15, 0.2) is 5.78 Å². The zero-order chi connectivity index (χ0) is 15.4. The van der Waals surface area contributed by atoms with Crippen LogP contribution in [-0.2, 0) is 0 Å². The molecule has 0 heterocycles. The summed E-state index contributed by atoms with van der Waals surface area (Å²) in [5.74, 6) is -0.246. The van der Waals surface area contributed by atoms with Gasteiger partial charge in [0.05, 0.1) is 9.95 Å². The van der Waals surface area contributed by atoms with Crippen molar-refractivity contribution in [1.29, 1.82) is 0 Å². The molecule has 0 spiro atoms.